The summed E-state index contributed by atoms with van der Waals surface area (Å²) in [5.74, 6) is 1.33. The second kappa shape index (κ2) is 5.00. The maximum atomic E-state index is 13.7. The zero-order valence-corrected chi connectivity index (χ0v) is 10.4. The minimum absolute atomic E-state index is 0.296. The van der Waals surface area contributed by atoms with Crippen LogP contribution >= 0.6 is 0 Å². The molecule has 0 aliphatic heterocycles. The average Bonchev–Trinajstić information content (AvgIpc) is 2.37. The van der Waals surface area contributed by atoms with E-state index in [2.05, 4.69) is 9.97 Å². The number of aryl methyl sites for hydroxylation is 1. The summed E-state index contributed by atoms with van der Waals surface area (Å²) in [6.45, 7) is 1.95. The van der Waals surface area contributed by atoms with Crippen molar-refractivity contribution < 1.29 is 4.39 Å². The number of hydrogen-bond donors (Lipinski definition) is 1. The molecule has 2 N–H and O–H groups in total. The molecule has 5 heteroatoms. The molecule has 0 unspecified atom stereocenters. The van der Waals surface area contributed by atoms with Crippen molar-refractivity contribution in [3.63, 3.8) is 0 Å². The molecule has 0 spiro atoms. The Kier molecular flexibility index (Phi) is 3.41. The minimum atomic E-state index is -0.296. The summed E-state index contributed by atoms with van der Waals surface area (Å²) in [6.07, 6.45) is 0.684. The molecule has 0 saturated heterocycles. The molecular weight excluding hydrogens is 231 g/mol. The summed E-state index contributed by atoms with van der Waals surface area (Å²) in [7, 11) is 1.75. The van der Waals surface area contributed by atoms with E-state index in [1.807, 2.05) is 6.92 Å². The molecule has 0 aliphatic rings. The summed E-state index contributed by atoms with van der Waals surface area (Å²) in [4.78, 5) is 10.1. The Labute approximate surface area is 105 Å². The Balaban J connectivity index is 2.43. The van der Waals surface area contributed by atoms with Crippen molar-refractivity contribution in [1.29, 1.82) is 0 Å². The highest BCUT2D eigenvalue weighted by molar-refractivity contribution is 5.61. The Morgan fingerprint density at radius 1 is 1.28 bits per heavy atom. The van der Waals surface area contributed by atoms with Crippen LogP contribution in [-0.4, -0.2) is 17.0 Å². The van der Waals surface area contributed by atoms with Gasteiger partial charge in [0.25, 0.3) is 0 Å². The van der Waals surface area contributed by atoms with E-state index in [1.165, 1.54) is 6.07 Å². The summed E-state index contributed by atoms with van der Waals surface area (Å²) < 4.78 is 13.7. The number of nitrogen functional groups attached to an aromatic ring is 1. The van der Waals surface area contributed by atoms with Gasteiger partial charge in [-0.25, -0.2) is 14.4 Å². The Hall–Kier alpha value is -2.17. The third-order valence-corrected chi connectivity index (χ3v) is 2.65. The largest absolute Gasteiger partial charge is 0.384 e. The molecule has 2 rings (SSSR count). The van der Waals surface area contributed by atoms with Gasteiger partial charge >= 0.3 is 0 Å². The number of halogens is 1. The molecule has 0 saturated carbocycles. The summed E-state index contributed by atoms with van der Waals surface area (Å²) in [5, 5.41) is 0. The lowest BCUT2D eigenvalue weighted by atomic mass is 10.3. The second-order valence-corrected chi connectivity index (χ2v) is 3.93. The molecule has 0 atom stereocenters. The first-order valence-corrected chi connectivity index (χ1v) is 5.73. The van der Waals surface area contributed by atoms with Gasteiger partial charge < -0.3 is 10.6 Å². The average molecular weight is 246 g/mol. The molecule has 4 nitrogen and oxygen atoms in total. The maximum absolute atomic E-state index is 13.7. The van der Waals surface area contributed by atoms with E-state index in [1.54, 1.807) is 36.2 Å². The lowest BCUT2D eigenvalue weighted by Crippen LogP contribution is -2.14. The fraction of sp³-hybridized carbons (Fsp3) is 0.231. The third kappa shape index (κ3) is 2.40. The van der Waals surface area contributed by atoms with Gasteiger partial charge in [-0.3, -0.25) is 0 Å². The van der Waals surface area contributed by atoms with E-state index in [9.17, 15) is 4.39 Å². The molecule has 0 aliphatic carbocycles. The van der Waals surface area contributed by atoms with Crippen molar-refractivity contribution in [3.05, 3.63) is 42.0 Å². The van der Waals surface area contributed by atoms with Crippen molar-refractivity contribution in [1.82, 2.24) is 9.97 Å². The number of hydrogen-bond acceptors (Lipinski definition) is 4. The van der Waals surface area contributed by atoms with Crippen LogP contribution in [0.1, 0.15) is 12.7 Å². The van der Waals surface area contributed by atoms with Gasteiger partial charge in [0.1, 0.15) is 23.3 Å². The van der Waals surface area contributed by atoms with Gasteiger partial charge in [-0.05, 0) is 12.1 Å². The Morgan fingerprint density at radius 3 is 2.67 bits per heavy atom. The van der Waals surface area contributed by atoms with E-state index in [0.29, 0.717) is 29.6 Å². The molecule has 1 aromatic heterocycles. The van der Waals surface area contributed by atoms with E-state index in [0.717, 1.165) is 0 Å². The predicted octanol–water partition coefficient (Wildman–Crippen LogP) is 2.53. The van der Waals surface area contributed by atoms with Crippen LogP contribution in [0.4, 0.5) is 21.7 Å². The fourth-order valence-electron chi connectivity index (χ4n) is 1.68. The predicted molar refractivity (Wildman–Crippen MR) is 70.3 cm³/mol. The van der Waals surface area contributed by atoms with Gasteiger partial charge in [0.05, 0.1) is 5.69 Å². The van der Waals surface area contributed by atoms with Crippen molar-refractivity contribution in [3.8, 4) is 0 Å². The number of para-hydroxylation sites is 1. The maximum Gasteiger partial charge on any atom is 0.146 e. The van der Waals surface area contributed by atoms with Crippen LogP contribution in [0.5, 0.6) is 0 Å². The highest BCUT2D eigenvalue weighted by Crippen LogP contribution is 2.25. The van der Waals surface area contributed by atoms with Crippen molar-refractivity contribution in [2.75, 3.05) is 17.7 Å². The van der Waals surface area contributed by atoms with Crippen LogP contribution in [0.3, 0.4) is 0 Å². The number of nitrogens with two attached hydrogens (primary N) is 1. The molecule has 1 aromatic carbocycles. The van der Waals surface area contributed by atoms with E-state index in [4.69, 9.17) is 5.73 Å². The smallest absolute Gasteiger partial charge is 0.146 e. The van der Waals surface area contributed by atoms with Gasteiger partial charge in [-0.15, -0.1) is 0 Å². The second-order valence-electron chi connectivity index (χ2n) is 3.93. The van der Waals surface area contributed by atoms with Crippen LogP contribution in [-0.2, 0) is 6.42 Å². The van der Waals surface area contributed by atoms with Gasteiger partial charge in [-0.1, -0.05) is 19.1 Å². The fourth-order valence-corrected chi connectivity index (χ4v) is 1.68. The molecule has 0 amide bonds. The van der Waals surface area contributed by atoms with Crippen LogP contribution in [0.15, 0.2) is 30.3 Å². The number of anilines is 3. The summed E-state index contributed by atoms with van der Waals surface area (Å²) in [5.41, 5.74) is 6.17. The highest BCUT2D eigenvalue weighted by Gasteiger charge is 2.11. The quantitative estimate of drug-likeness (QED) is 0.904. The SMILES string of the molecule is CCc1nc(N)cc(N(C)c2ccccc2F)n1. The molecule has 18 heavy (non-hydrogen) atoms. The Bertz CT molecular complexity index is 556. The van der Waals surface area contributed by atoms with Crippen molar-refractivity contribution in [2.45, 2.75) is 13.3 Å². The first kappa shape index (κ1) is 12.3. The molecule has 1 heterocycles. The minimum Gasteiger partial charge on any atom is -0.384 e. The Morgan fingerprint density at radius 2 is 2.00 bits per heavy atom. The van der Waals surface area contributed by atoms with Crippen LogP contribution < -0.4 is 10.6 Å². The highest BCUT2D eigenvalue weighted by atomic mass is 19.1. The molecule has 0 radical (unpaired) electrons. The van der Waals surface area contributed by atoms with Crippen LogP contribution in [0.2, 0.25) is 0 Å². The molecule has 2 aromatic rings. The number of rotatable bonds is 3. The van der Waals surface area contributed by atoms with Crippen LogP contribution in [0.25, 0.3) is 0 Å². The summed E-state index contributed by atoms with van der Waals surface area (Å²) in [6, 6.07) is 8.17. The van der Waals surface area contributed by atoms with E-state index in [-0.39, 0.29) is 5.82 Å². The van der Waals surface area contributed by atoms with Gasteiger partial charge in [0.2, 0.25) is 0 Å². The molecular formula is C13H15FN4. The standard InChI is InChI=1S/C13H15FN4/c1-3-12-16-11(15)8-13(17-12)18(2)10-7-5-4-6-9(10)14/h4-8H,3H2,1-2H3,(H2,15,16,17). The molecule has 94 valence electrons. The van der Waals surface area contributed by atoms with E-state index >= 15 is 0 Å². The monoisotopic (exact) mass is 246 g/mol. The normalized spacial score (nSPS) is 10.4. The van der Waals surface area contributed by atoms with Gasteiger partial charge in [0.15, 0.2) is 0 Å². The van der Waals surface area contributed by atoms with Crippen LogP contribution in [0, 0.1) is 5.82 Å². The molecule has 0 fully saturated rings. The third-order valence-electron chi connectivity index (χ3n) is 2.65. The molecule has 0 bridgehead atoms. The first-order valence-electron chi connectivity index (χ1n) is 5.73. The van der Waals surface area contributed by atoms with Crippen molar-refractivity contribution >= 4 is 17.3 Å². The van der Waals surface area contributed by atoms with Gasteiger partial charge in [0, 0.05) is 19.5 Å². The zero-order valence-electron chi connectivity index (χ0n) is 10.4. The lowest BCUT2D eigenvalue weighted by Gasteiger charge is -2.19. The van der Waals surface area contributed by atoms with E-state index < -0.39 is 0 Å². The first-order chi connectivity index (χ1) is 8.61. The number of nitrogens with zero attached hydrogens (tertiary/aromatic N) is 3. The zero-order chi connectivity index (χ0) is 13.1. The number of benzene rings is 1. The topological polar surface area (TPSA) is 55.0 Å². The lowest BCUT2D eigenvalue weighted by molar-refractivity contribution is 0.627. The van der Waals surface area contributed by atoms with Crippen molar-refractivity contribution in [2.24, 2.45) is 0 Å². The summed E-state index contributed by atoms with van der Waals surface area (Å²) >= 11 is 0. The number of aromatic nitrogens is 2. The van der Waals surface area contributed by atoms with Gasteiger partial charge in [-0.2, -0.15) is 0 Å².